The fraction of sp³-hybridized carbons (Fsp3) is 0.393. The Balaban J connectivity index is 1.52. The number of nitrogens with zero attached hydrogens (tertiary/aromatic N) is 2. The highest BCUT2D eigenvalue weighted by Gasteiger charge is 2.32. The largest absolute Gasteiger partial charge is 0.463 e. The van der Waals surface area contributed by atoms with Crippen molar-refractivity contribution >= 4 is 23.5 Å². The number of amides is 2. The number of pyridine rings is 1. The topological polar surface area (TPSA) is 96.8 Å². The van der Waals surface area contributed by atoms with E-state index in [2.05, 4.69) is 33.3 Å². The number of anilines is 1. The lowest BCUT2D eigenvalue weighted by Gasteiger charge is -2.28. The summed E-state index contributed by atoms with van der Waals surface area (Å²) in [5.74, 6) is 0.576. The number of esters is 1. The average molecular weight is 488 g/mol. The van der Waals surface area contributed by atoms with Crippen LogP contribution in [0.1, 0.15) is 63.3 Å². The van der Waals surface area contributed by atoms with Crippen LogP contribution in [-0.2, 0) is 9.53 Å². The second-order valence-corrected chi connectivity index (χ2v) is 9.56. The van der Waals surface area contributed by atoms with E-state index >= 15 is 0 Å². The Morgan fingerprint density at radius 1 is 1.11 bits per heavy atom. The van der Waals surface area contributed by atoms with Gasteiger partial charge in [0.1, 0.15) is 17.2 Å². The van der Waals surface area contributed by atoms with Crippen molar-refractivity contribution in [2.45, 2.75) is 65.0 Å². The highest BCUT2D eigenvalue weighted by molar-refractivity contribution is 5.95. The first-order valence-electron chi connectivity index (χ1n) is 12.8. The number of carbonyl (C=O) groups excluding carboxylic acids is 2. The van der Waals surface area contributed by atoms with Crippen LogP contribution in [0.2, 0.25) is 0 Å². The molecule has 2 aromatic heterocycles. The Morgan fingerprint density at radius 3 is 2.58 bits per heavy atom. The summed E-state index contributed by atoms with van der Waals surface area (Å²) in [6.45, 7) is 5.84. The summed E-state index contributed by atoms with van der Waals surface area (Å²) in [5.41, 5.74) is 5.61. The van der Waals surface area contributed by atoms with Gasteiger partial charge in [-0.15, -0.1) is 0 Å². The van der Waals surface area contributed by atoms with E-state index in [1.54, 1.807) is 13.8 Å². The van der Waals surface area contributed by atoms with Gasteiger partial charge in [0, 0.05) is 23.0 Å². The molecule has 1 aliphatic heterocycles. The van der Waals surface area contributed by atoms with Crippen molar-refractivity contribution in [3.63, 3.8) is 0 Å². The van der Waals surface area contributed by atoms with Crippen LogP contribution in [0, 0.1) is 6.92 Å². The quantitative estimate of drug-likeness (QED) is 0.413. The molecule has 1 aromatic carbocycles. The second-order valence-electron chi connectivity index (χ2n) is 9.56. The van der Waals surface area contributed by atoms with Gasteiger partial charge in [-0.2, -0.15) is 0 Å². The van der Waals surface area contributed by atoms with Crippen molar-refractivity contribution in [1.29, 1.82) is 0 Å². The van der Waals surface area contributed by atoms with Gasteiger partial charge in [0.25, 0.3) is 0 Å². The molecule has 1 unspecified atom stereocenters. The van der Waals surface area contributed by atoms with Crippen LogP contribution < -0.4 is 16.0 Å². The first-order valence-corrected chi connectivity index (χ1v) is 12.8. The van der Waals surface area contributed by atoms with Crippen LogP contribution in [0.3, 0.4) is 0 Å². The Hall–Kier alpha value is -3.81. The van der Waals surface area contributed by atoms with Crippen molar-refractivity contribution in [2.24, 2.45) is 0 Å². The zero-order valence-corrected chi connectivity index (χ0v) is 21.1. The van der Waals surface area contributed by atoms with Gasteiger partial charge < -0.3 is 20.7 Å². The van der Waals surface area contributed by atoms with E-state index in [-0.39, 0.29) is 12.6 Å². The maximum absolute atomic E-state index is 12.7. The van der Waals surface area contributed by atoms with Gasteiger partial charge in [0.15, 0.2) is 0 Å². The number of hydrogen-bond acceptors (Lipinski definition) is 5. The minimum atomic E-state index is -0.588. The molecule has 2 amide bonds. The number of ether oxygens (including phenoxy) is 1. The summed E-state index contributed by atoms with van der Waals surface area (Å²) in [6, 6.07) is 13.6. The lowest BCUT2D eigenvalue weighted by molar-refractivity contribution is -0.139. The van der Waals surface area contributed by atoms with Gasteiger partial charge in [-0.05, 0) is 51.3 Å². The number of hydrogen-bond donors (Lipinski definition) is 3. The maximum Gasteiger partial charge on any atom is 0.338 e. The number of imidazole rings is 1. The Morgan fingerprint density at radius 2 is 1.86 bits per heavy atom. The van der Waals surface area contributed by atoms with Crippen LogP contribution in [0.25, 0.3) is 16.9 Å². The van der Waals surface area contributed by atoms with Gasteiger partial charge >= 0.3 is 12.0 Å². The molecular weight excluding hydrogens is 454 g/mol. The van der Waals surface area contributed by atoms with E-state index < -0.39 is 12.0 Å². The van der Waals surface area contributed by atoms with Crippen molar-refractivity contribution in [2.75, 3.05) is 11.9 Å². The van der Waals surface area contributed by atoms with Gasteiger partial charge in [0.05, 0.1) is 18.2 Å². The van der Waals surface area contributed by atoms with Gasteiger partial charge in [-0.1, -0.05) is 49.6 Å². The predicted octanol–water partition coefficient (Wildman–Crippen LogP) is 5.25. The molecular formula is C28H33N5O3. The summed E-state index contributed by atoms with van der Waals surface area (Å²) in [4.78, 5) is 29.8. The fourth-order valence-corrected chi connectivity index (χ4v) is 5.29. The number of aryl methyl sites for hydroxylation is 1. The molecule has 1 fully saturated rings. The molecule has 0 saturated heterocycles. The minimum Gasteiger partial charge on any atom is -0.463 e. The summed E-state index contributed by atoms with van der Waals surface area (Å²) in [5, 5.41) is 9.35. The summed E-state index contributed by atoms with van der Waals surface area (Å²) in [6.07, 6.45) is 6.11. The zero-order valence-electron chi connectivity index (χ0n) is 21.1. The number of rotatable bonds is 6. The smallest absolute Gasteiger partial charge is 0.338 e. The molecule has 2 aliphatic rings. The molecule has 3 aromatic rings. The van der Waals surface area contributed by atoms with E-state index in [1.807, 2.05) is 36.4 Å². The van der Waals surface area contributed by atoms with Crippen molar-refractivity contribution in [1.82, 2.24) is 20.0 Å². The molecule has 1 saturated carbocycles. The molecule has 5 rings (SSSR count). The number of nitrogens with one attached hydrogen (secondary N) is 3. The molecule has 0 spiro atoms. The monoisotopic (exact) mass is 487 g/mol. The number of fused-ring (bicyclic) bond motifs is 1. The standard InChI is InChI=1S/C28H33N5O3/c1-4-36-27(34)23-18(3)29-28(35)32-24(23)19-13-15-20(16-14-19)25-26(30-21-10-6-5-7-11-21)33-17(2)9-8-12-22(33)31-25/h8-9,12-16,21,24,30H,4-7,10-11H2,1-3H3,(H2,29,32,35). The number of carbonyl (C=O) groups is 2. The molecule has 36 heavy (non-hydrogen) atoms. The number of benzene rings is 1. The lowest BCUT2D eigenvalue weighted by atomic mass is 9.94. The number of urea groups is 1. The highest BCUT2D eigenvalue weighted by atomic mass is 16.5. The molecule has 188 valence electrons. The molecule has 1 atom stereocenters. The van der Waals surface area contributed by atoms with Crippen molar-refractivity contribution in [3.05, 3.63) is 65.0 Å². The van der Waals surface area contributed by atoms with Crippen molar-refractivity contribution in [3.8, 4) is 11.3 Å². The Labute approximate surface area is 211 Å². The molecule has 3 heterocycles. The van der Waals surface area contributed by atoms with E-state index in [0.717, 1.165) is 46.8 Å². The minimum absolute atomic E-state index is 0.263. The molecule has 8 heteroatoms. The average Bonchev–Trinajstić information content (AvgIpc) is 3.24. The maximum atomic E-state index is 12.7. The third-order valence-corrected chi connectivity index (χ3v) is 7.07. The first kappa shape index (κ1) is 23.9. The third-order valence-electron chi connectivity index (χ3n) is 7.07. The molecule has 1 aliphatic carbocycles. The van der Waals surface area contributed by atoms with E-state index in [4.69, 9.17) is 9.72 Å². The Kier molecular flexibility index (Phi) is 6.67. The van der Waals surface area contributed by atoms with Crippen LogP contribution in [0.15, 0.2) is 53.7 Å². The van der Waals surface area contributed by atoms with Gasteiger partial charge in [0.2, 0.25) is 0 Å². The number of aromatic nitrogens is 2. The van der Waals surface area contributed by atoms with Gasteiger partial charge in [-0.3, -0.25) is 4.40 Å². The second kappa shape index (κ2) is 10.0. The fourth-order valence-electron chi connectivity index (χ4n) is 5.29. The van der Waals surface area contributed by atoms with E-state index in [0.29, 0.717) is 17.3 Å². The first-order chi connectivity index (χ1) is 17.5. The summed E-state index contributed by atoms with van der Waals surface area (Å²) in [7, 11) is 0. The van der Waals surface area contributed by atoms with Crippen LogP contribution in [0.4, 0.5) is 10.6 Å². The molecule has 3 N–H and O–H groups in total. The third kappa shape index (κ3) is 4.55. The molecule has 0 bridgehead atoms. The lowest BCUT2D eigenvalue weighted by Crippen LogP contribution is -2.45. The summed E-state index contributed by atoms with van der Waals surface area (Å²) < 4.78 is 7.45. The highest BCUT2D eigenvalue weighted by Crippen LogP contribution is 2.34. The molecule has 0 radical (unpaired) electrons. The normalized spacial score (nSPS) is 18.6. The van der Waals surface area contributed by atoms with E-state index in [1.165, 1.54) is 19.3 Å². The van der Waals surface area contributed by atoms with Crippen molar-refractivity contribution < 1.29 is 14.3 Å². The van der Waals surface area contributed by atoms with Gasteiger partial charge in [-0.25, -0.2) is 14.6 Å². The van der Waals surface area contributed by atoms with Crippen LogP contribution >= 0.6 is 0 Å². The summed E-state index contributed by atoms with van der Waals surface area (Å²) >= 11 is 0. The Bertz CT molecular complexity index is 1320. The van der Waals surface area contributed by atoms with Crippen LogP contribution in [-0.4, -0.2) is 34.0 Å². The number of allylic oxidation sites excluding steroid dienone is 1. The zero-order chi connectivity index (χ0) is 25.2. The SMILES string of the molecule is CCOC(=O)C1=C(C)NC(=O)NC1c1ccc(-c2nc3cccc(C)n3c2NC2CCCCC2)cc1. The van der Waals surface area contributed by atoms with E-state index in [9.17, 15) is 9.59 Å². The predicted molar refractivity (Wildman–Crippen MR) is 140 cm³/mol. The van der Waals surface area contributed by atoms with Crippen LogP contribution in [0.5, 0.6) is 0 Å². The molecule has 8 nitrogen and oxygen atoms in total.